The maximum atomic E-state index is 5.42. The SMILES string of the molecule is CCNC(CC)c1nnc(-c2occc2C)s1. The molecule has 0 aliphatic heterocycles. The summed E-state index contributed by atoms with van der Waals surface area (Å²) in [6.45, 7) is 7.20. The summed E-state index contributed by atoms with van der Waals surface area (Å²) in [7, 11) is 0. The van der Waals surface area contributed by atoms with E-state index in [0.717, 1.165) is 34.3 Å². The Morgan fingerprint density at radius 3 is 2.82 bits per heavy atom. The minimum Gasteiger partial charge on any atom is -0.461 e. The van der Waals surface area contributed by atoms with Crippen LogP contribution in [0.3, 0.4) is 0 Å². The van der Waals surface area contributed by atoms with Gasteiger partial charge >= 0.3 is 0 Å². The van der Waals surface area contributed by atoms with Crippen LogP contribution in [0.5, 0.6) is 0 Å². The molecule has 0 aliphatic carbocycles. The van der Waals surface area contributed by atoms with Gasteiger partial charge in [-0.25, -0.2) is 0 Å². The van der Waals surface area contributed by atoms with Gasteiger partial charge in [-0.3, -0.25) is 0 Å². The third-order valence-electron chi connectivity index (χ3n) is 2.65. The lowest BCUT2D eigenvalue weighted by Gasteiger charge is -2.10. The Bertz CT molecular complexity index is 478. The van der Waals surface area contributed by atoms with Crippen LogP contribution in [0.25, 0.3) is 10.8 Å². The summed E-state index contributed by atoms with van der Waals surface area (Å²) in [5, 5.41) is 13.7. The van der Waals surface area contributed by atoms with Crippen LogP contribution < -0.4 is 5.32 Å². The number of nitrogens with one attached hydrogen (secondary N) is 1. The molecule has 0 amide bonds. The fourth-order valence-corrected chi connectivity index (χ4v) is 2.77. The predicted molar refractivity (Wildman–Crippen MR) is 69.1 cm³/mol. The summed E-state index contributed by atoms with van der Waals surface area (Å²) in [5.41, 5.74) is 1.10. The van der Waals surface area contributed by atoms with Gasteiger partial charge in [0.25, 0.3) is 0 Å². The molecular formula is C12H17N3OS. The molecule has 0 bridgehead atoms. The molecule has 0 aromatic carbocycles. The van der Waals surface area contributed by atoms with Gasteiger partial charge < -0.3 is 9.73 Å². The first kappa shape index (κ1) is 12.3. The number of aromatic nitrogens is 2. The summed E-state index contributed by atoms with van der Waals surface area (Å²) in [6, 6.07) is 2.24. The van der Waals surface area contributed by atoms with Gasteiger partial charge in [-0.1, -0.05) is 25.2 Å². The van der Waals surface area contributed by atoms with E-state index in [1.807, 2.05) is 13.0 Å². The lowest BCUT2D eigenvalue weighted by molar-refractivity contribution is 0.530. The molecule has 2 aromatic rings. The maximum absolute atomic E-state index is 5.42. The number of hydrogen-bond donors (Lipinski definition) is 1. The molecule has 0 fully saturated rings. The monoisotopic (exact) mass is 251 g/mol. The molecule has 2 heterocycles. The third kappa shape index (κ3) is 2.56. The predicted octanol–water partition coefficient (Wildman–Crippen LogP) is 3.17. The molecule has 0 saturated heterocycles. The fraction of sp³-hybridized carbons (Fsp3) is 0.500. The van der Waals surface area contributed by atoms with Gasteiger partial charge in [0.05, 0.1) is 12.3 Å². The molecule has 17 heavy (non-hydrogen) atoms. The Hall–Kier alpha value is -1.20. The fourth-order valence-electron chi connectivity index (χ4n) is 1.71. The Morgan fingerprint density at radius 2 is 2.24 bits per heavy atom. The van der Waals surface area contributed by atoms with Crippen LogP contribution in [0, 0.1) is 6.92 Å². The van der Waals surface area contributed by atoms with Gasteiger partial charge in [-0.05, 0) is 31.5 Å². The summed E-state index contributed by atoms with van der Waals surface area (Å²) < 4.78 is 5.42. The van der Waals surface area contributed by atoms with Gasteiger partial charge in [0.2, 0.25) is 0 Å². The highest BCUT2D eigenvalue weighted by Crippen LogP contribution is 2.30. The normalized spacial score (nSPS) is 12.9. The first-order valence-electron chi connectivity index (χ1n) is 5.87. The van der Waals surface area contributed by atoms with Crippen molar-refractivity contribution in [2.75, 3.05) is 6.54 Å². The molecule has 92 valence electrons. The lowest BCUT2D eigenvalue weighted by Crippen LogP contribution is -2.19. The molecule has 0 radical (unpaired) electrons. The second kappa shape index (κ2) is 5.42. The van der Waals surface area contributed by atoms with Crippen molar-refractivity contribution in [3.63, 3.8) is 0 Å². The molecule has 0 spiro atoms. The molecule has 1 unspecified atom stereocenters. The molecule has 2 rings (SSSR count). The van der Waals surface area contributed by atoms with E-state index < -0.39 is 0 Å². The molecule has 4 nitrogen and oxygen atoms in total. The molecule has 5 heteroatoms. The minimum absolute atomic E-state index is 0.293. The minimum atomic E-state index is 0.293. The molecule has 0 aliphatic rings. The van der Waals surface area contributed by atoms with Crippen LogP contribution in [0.2, 0.25) is 0 Å². The Balaban J connectivity index is 2.24. The van der Waals surface area contributed by atoms with E-state index in [0.29, 0.717) is 6.04 Å². The van der Waals surface area contributed by atoms with Crippen molar-refractivity contribution < 1.29 is 4.42 Å². The van der Waals surface area contributed by atoms with E-state index in [1.165, 1.54) is 0 Å². The highest BCUT2D eigenvalue weighted by Gasteiger charge is 2.17. The molecule has 1 N–H and O–H groups in total. The first-order valence-corrected chi connectivity index (χ1v) is 6.69. The van der Waals surface area contributed by atoms with Crippen molar-refractivity contribution >= 4 is 11.3 Å². The topological polar surface area (TPSA) is 51.0 Å². The zero-order valence-electron chi connectivity index (χ0n) is 10.4. The van der Waals surface area contributed by atoms with E-state index in [4.69, 9.17) is 4.42 Å². The number of furan rings is 1. The number of rotatable bonds is 5. The van der Waals surface area contributed by atoms with Gasteiger partial charge in [0, 0.05) is 0 Å². The lowest BCUT2D eigenvalue weighted by atomic mass is 10.2. The van der Waals surface area contributed by atoms with Gasteiger partial charge in [-0.2, -0.15) is 0 Å². The maximum Gasteiger partial charge on any atom is 0.183 e. The highest BCUT2D eigenvalue weighted by atomic mass is 32.1. The molecule has 0 saturated carbocycles. The van der Waals surface area contributed by atoms with E-state index >= 15 is 0 Å². The smallest absolute Gasteiger partial charge is 0.183 e. The number of hydrogen-bond acceptors (Lipinski definition) is 5. The van der Waals surface area contributed by atoms with Gasteiger partial charge in [-0.15, -0.1) is 10.2 Å². The second-order valence-corrected chi connectivity index (χ2v) is 4.91. The van der Waals surface area contributed by atoms with Crippen molar-refractivity contribution in [2.24, 2.45) is 0 Å². The van der Waals surface area contributed by atoms with Crippen molar-refractivity contribution in [3.05, 3.63) is 22.9 Å². The van der Waals surface area contributed by atoms with Gasteiger partial charge in [0.15, 0.2) is 10.8 Å². The van der Waals surface area contributed by atoms with Crippen molar-refractivity contribution in [2.45, 2.75) is 33.2 Å². The van der Waals surface area contributed by atoms with Crippen LogP contribution in [0.4, 0.5) is 0 Å². The van der Waals surface area contributed by atoms with Crippen molar-refractivity contribution in [1.29, 1.82) is 0 Å². The quantitative estimate of drug-likeness (QED) is 0.886. The highest BCUT2D eigenvalue weighted by molar-refractivity contribution is 7.14. The zero-order chi connectivity index (χ0) is 12.3. The molecule has 2 aromatic heterocycles. The largest absolute Gasteiger partial charge is 0.461 e. The average molecular weight is 251 g/mol. The standard InChI is InChI=1S/C12H17N3OS/c1-4-9(13-5-2)11-14-15-12(17-11)10-8(3)6-7-16-10/h6-7,9,13H,4-5H2,1-3H3. The zero-order valence-corrected chi connectivity index (χ0v) is 11.2. The third-order valence-corrected chi connectivity index (χ3v) is 3.69. The van der Waals surface area contributed by atoms with E-state index in [1.54, 1.807) is 17.6 Å². The first-order chi connectivity index (χ1) is 8.26. The Kier molecular flexibility index (Phi) is 3.91. The van der Waals surface area contributed by atoms with Crippen LogP contribution in [0.1, 0.15) is 36.9 Å². The molecular weight excluding hydrogens is 234 g/mol. The summed E-state index contributed by atoms with van der Waals surface area (Å²) in [5.74, 6) is 0.833. The summed E-state index contributed by atoms with van der Waals surface area (Å²) >= 11 is 1.60. The van der Waals surface area contributed by atoms with E-state index in [9.17, 15) is 0 Å². The van der Waals surface area contributed by atoms with E-state index in [2.05, 4.69) is 29.4 Å². The summed E-state index contributed by atoms with van der Waals surface area (Å²) in [4.78, 5) is 0. The van der Waals surface area contributed by atoms with Crippen LogP contribution in [-0.2, 0) is 0 Å². The van der Waals surface area contributed by atoms with Crippen molar-refractivity contribution in [3.8, 4) is 10.8 Å². The Labute approximate surface area is 105 Å². The Morgan fingerprint density at radius 1 is 1.41 bits per heavy atom. The van der Waals surface area contributed by atoms with Crippen LogP contribution in [-0.4, -0.2) is 16.7 Å². The van der Waals surface area contributed by atoms with Crippen LogP contribution >= 0.6 is 11.3 Å². The average Bonchev–Trinajstić information content (AvgIpc) is 2.94. The van der Waals surface area contributed by atoms with E-state index in [-0.39, 0.29) is 0 Å². The number of aryl methyl sites for hydroxylation is 1. The number of nitrogens with zero attached hydrogens (tertiary/aromatic N) is 2. The summed E-state index contributed by atoms with van der Waals surface area (Å²) in [6.07, 6.45) is 2.70. The second-order valence-electron chi connectivity index (χ2n) is 3.90. The van der Waals surface area contributed by atoms with Crippen LogP contribution in [0.15, 0.2) is 16.7 Å². The molecule has 1 atom stereocenters. The van der Waals surface area contributed by atoms with Gasteiger partial charge in [0.1, 0.15) is 5.01 Å². The van der Waals surface area contributed by atoms with Crippen molar-refractivity contribution in [1.82, 2.24) is 15.5 Å².